The van der Waals surface area contributed by atoms with Crippen LogP contribution in [0.2, 0.25) is 0 Å². The molecule has 140 valence electrons. The average molecular weight is 349 g/mol. The van der Waals surface area contributed by atoms with Crippen LogP contribution >= 0.6 is 0 Å². The molecule has 25 heavy (non-hydrogen) atoms. The lowest BCUT2D eigenvalue weighted by Crippen LogP contribution is -2.53. The van der Waals surface area contributed by atoms with Gasteiger partial charge in [-0.05, 0) is 25.7 Å². The Labute approximate surface area is 149 Å². The molecule has 2 aliphatic rings. The molecule has 3 unspecified atom stereocenters. The standard InChI is InChI=1S/C18H31N5O2/c1-22-12-16(10-19-22)23-9-5-7-15(11-23)20-18(25)21-17-8-4-2-3-6-14(17)13-24/h10,12,14-15,17,24H,2-9,11,13H2,1H3,(H2,20,21,25). The molecule has 2 amide bonds. The molecule has 0 radical (unpaired) electrons. The number of aliphatic hydroxyl groups excluding tert-OH is 1. The number of aliphatic hydroxyl groups is 1. The normalized spacial score (nSPS) is 27.6. The molecule has 1 saturated heterocycles. The smallest absolute Gasteiger partial charge is 0.315 e. The first-order valence-electron chi connectivity index (χ1n) is 9.57. The van der Waals surface area contributed by atoms with Crippen LogP contribution in [0.1, 0.15) is 44.9 Å². The van der Waals surface area contributed by atoms with E-state index < -0.39 is 0 Å². The molecule has 3 N–H and O–H groups in total. The van der Waals surface area contributed by atoms with Crippen molar-refractivity contribution < 1.29 is 9.90 Å². The summed E-state index contributed by atoms with van der Waals surface area (Å²) in [7, 11) is 1.92. The zero-order valence-corrected chi connectivity index (χ0v) is 15.2. The number of aryl methyl sites for hydroxylation is 1. The van der Waals surface area contributed by atoms with E-state index in [9.17, 15) is 9.90 Å². The quantitative estimate of drug-likeness (QED) is 0.722. The van der Waals surface area contributed by atoms with Crippen LogP contribution in [0.4, 0.5) is 10.5 Å². The Balaban J connectivity index is 1.51. The van der Waals surface area contributed by atoms with Crippen molar-refractivity contribution in [3.05, 3.63) is 12.4 Å². The van der Waals surface area contributed by atoms with Crippen LogP contribution in [0.15, 0.2) is 12.4 Å². The molecule has 1 aliphatic heterocycles. The first kappa shape index (κ1) is 18.0. The van der Waals surface area contributed by atoms with Crippen LogP contribution < -0.4 is 15.5 Å². The molecule has 1 aliphatic carbocycles. The highest BCUT2D eigenvalue weighted by Crippen LogP contribution is 2.23. The summed E-state index contributed by atoms with van der Waals surface area (Å²) in [4.78, 5) is 14.7. The van der Waals surface area contributed by atoms with Crippen molar-refractivity contribution in [1.82, 2.24) is 20.4 Å². The van der Waals surface area contributed by atoms with Crippen LogP contribution in [0.25, 0.3) is 0 Å². The second-order valence-electron chi connectivity index (χ2n) is 7.46. The molecule has 2 heterocycles. The lowest BCUT2D eigenvalue weighted by atomic mass is 9.96. The minimum absolute atomic E-state index is 0.0884. The fourth-order valence-corrected chi connectivity index (χ4v) is 4.09. The predicted octanol–water partition coefficient (Wildman–Crippen LogP) is 1.63. The fraction of sp³-hybridized carbons (Fsp3) is 0.778. The Hall–Kier alpha value is -1.76. The number of rotatable bonds is 4. The summed E-state index contributed by atoms with van der Waals surface area (Å²) in [6, 6.07) is 0.140. The molecule has 0 aromatic carbocycles. The number of hydrogen-bond donors (Lipinski definition) is 3. The maximum Gasteiger partial charge on any atom is 0.315 e. The van der Waals surface area contributed by atoms with E-state index in [0.29, 0.717) is 0 Å². The van der Waals surface area contributed by atoms with Gasteiger partial charge in [-0.3, -0.25) is 4.68 Å². The monoisotopic (exact) mass is 349 g/mol. The van der Waals surface area contributed by atoms with Crippen molar-refractivity contribution in [3.63, 3.8) is 0 Å². The fourth-order valence-electron chi connectivity index (χ4n) is 4.09. The lowest BCUT2D eigenvalue weighted by molar-refractivity contribution is 0.178. The van der Waals surface area contributed by atoms with E-state index in [4.69, 9.17) is 0 Å². The number of nitrogens with one attached hydrogen (secondary N) is 2. The maximum atomic E-state index is 12.5. The van der Waals surface area contributed by atoms with Crippen molar-refractivity contribution >= 4 is 11.7 Å². The number of amides is 2. The van der Waals surface area contributed by atoms with E-state index in [2.05, 4.69) is 20.6 Å². The first-order chi connectivity index (χ1) is 12.2. The lowest BCUT2D eigenvalue weighted by Gasteiger charge is -2.34. The summed E-state index contributed by atoms with van der Waals surface area (Å²) >= 11 is 0. The molecule has 0 spiro atoms. The Morgan fingerprint density at radius 1 is 1.24 bits per heavy atom. The molecular weight excluding hydrogens is 318 g/mol. The highest BCUT2D eigenvalue weighted by atomic mass is 16.3. The molecule has 1 saturated carbocycles. The van der Waals surface area contributed by atoms with Gasteiger partial charge >= 0.3 is 6.03 Å². The summed E-state index contributed by atoms with van der Waals surface area (Å²) in [5.41, 5.74) is 1.11. The number of urea groups is 1. The summed E-state index contributed by atoms with van der Waals surface area (Å²) in [5, 5.41) is 20.1. The number of aromatic nitrogens is 2. The molecule has 0 bridgehead atoms. The van der Waals surface area contributed by atoms with E-state index >= 15 is 0 Å². The van der Waals surface area contributed by atoms with Gasteiger partial charge in [-0.2, -0.15) is 5.10 Å². The Morgan fingerprint density at radius 3 is 2.84 bits per heavy atom. The molecule has 3 atom stereocenters. The number of piperidine rings is 1. The van der Waals surface area contributed by atoms with E-state index in [1.165, 1.54) is 6.42 Å². The zero-order chi connectivity index (χ0) is 17.6. The van der Waals surface area contributed by atoms with Gasteiger partial charge in [-0.15, -0.1) is 0 Å². The highest BCUT2D eigenvalue weighted by Gasteiger charge is 2.27. The van der Waals surface area contributed by atoms with Crippen LogP contribution in [-0.2, 0) is 7.05 Å². The van der Waals surface area contributed by atoms with Crippen LogP contribution in [0.3, 0.4) is 0 Å². The minimum Gasteiger partial charge on any atom is -0.396 e. The number of carbonyl (C=O) groups is 1. The van der Waals surface area contributed by atoms with Gasteiger partial charge in [0.15, 0.2) is 0 Å². The van der Waals surface area contributed by atoms with Gasteiger partial charge < -0.3 is 20.6 Å². The molecule has 1 aromatic rings. The molecule has 7 heteroatoms. The first-order valence-corrected chi connectivity index (χ1v) is 9.57. The van der Waals surface area contributed by atoms with E-state index in [-0.39, 0.29) is 30.6 Å². The zero-order valence-electron chi connectivity index (χ0n) is 15.2. The van der Waals surface area contributed by atoms with E-state index in [1.807, 2.05) is 19.4 Å². The Kier molecular flexibility index (Phi) is 6.18. The third-order valence-electron chi connectivity index (χ3n) is 5.52. The number of hydrogen-bond acceptors (Lipinski definition) is 4. The topological polar surface area (TPSA) is 82.4 Å². The molecule has 2 fully saturated rings. The van der Waals surface area contributed by atoms with Gasteiger partial charge in [-0.25, -0.2) is 4.79 Å². The number of anilines is 1. The largest absolute Gasteiger partial charge is 0.396 e. The number of carbonyl (C=O) groups excluding carboxylic acids is 1. The Bertz CT molecular complexity index is 561. The van der Waals surface area contributed by atoms with Crippen LogP contribution in [0, 0.1) is 5.92 Å². The minimum atomic E-state index is -0.0941. The summed E-state index contributed by atoms with van der Waals surface area (Å²) < 4.78 is 1.81. The second-order valence-corrected chi connectivity index (χ2v) is 7.46. The van der Waals surface area contributed by atoms with Crippen LogP contribution in [-0.4, -0.2) is 52.7 Å². The van der Waals surface area contributed by atoms with Gasteiger partial charge in [0.25, 0.3) is 0 Å². The predicted molar refractivity (Wildman–Crippen MR) is 97.6 cm³/mol. The van der Waals surface area contributed by atoms with Crippen molar-refractivity contribution in [3.8, 4) is 0 Å². The second kappa shape index (κ2) is 8.56. The average Bonchev–Trinajstić information content (AvgIpc) is 2.91. The van der Waals surface area contributed by atoms with Crippen molar-refractivity contribution in [2.75, 3.05) is 24.6 Å². The highest BCUT2D eigenvalue weighted by molar-refractivity contribution is 5.74. The van der Waals surface area contributed by atoms with Crippen molar-refractivity contribution in [1.29, 1.82) is 0 Å². The summed E-state index contributed by atoms with van der Waals surface area (Å²) in [5.74, 6) is 0.187. The van der Waals surface area contributed by atoms with Gasteiger partial charge in [0, 0.05) is 50.9 Å². The third-order valence-corrected chi connectivity index (χ3v) is 5.52. The van der Waals surface area contributed by atoms with Gasteiger partial charge in [0.2, 0.25) is 0 Å². The van der Waals surface area contributed by atoms with E-state index in [0.717, 1.165) is 57.3 Å². The van der Waals surface area contributed by atoms with Crippen LogP contribution in [0.5, 0.6) is 0 Å². The maximum absolute atomic E-state index is 12.5. The summed E-state index contributed by atoms with van der Waals surface area (Å²) in [6.45, 7) is 1.97. The Morgan fingerprint density at radius 2 is 2.08 bits per heavy atom. The number of nitrogens with zero attached hydrogens (tertiary/aromatic N) is 3. The third kappa shape index (κ3) is 4.87. The van der Waals surface area contributed by atoms with Gasteiger partial charge in [-0.1, -0.05) is 19.3 Å². The van der Waals surface area contributed by atoms with Gasteiger partial charge in [0.05, 0.1) is 11.9 Å². The molecular formula is C18H31N5O2. The molecule has 1 aromatic heterocycles. The van der Waals surface area contributed by atoms with Crippen molar-refractivity contribution in [2.24, 2.45) is 13.0 Å². The SMILES string of the molecule is Cn1cc(N2CCCC(NC(=O)NC3CCCCCC3CO)C2)cn1. The van der Waals surface area contributed by atoms with Gasteiger partial charge in [0.1, 0.15) is 0 Å². The summed E-state index contributed by atoms with van der Waals surface area (Å²) in [6.07, 6.45) is 11.4. The molecule has 7 nitrogen and oxygen atoms in total. The molecule has 3 rings (SSSR count). The van der Waals surface area contributed by atoms with E-state index in [1.54, 1.807) is 4.68 Å². The van der Waals surface area contributed by atoms with Crippen molar-refractivity contribution in [2.45, 2.75) is 57.0 Å².